The van der Waals surface area contributed by atoms with Crippen LogP contribution in [0.15, 0.2) is 30.6 Å². The lowest BCUT2D eigenvalue weighted by molar-refractivity contribution is -0.388. The smallest absolute Gasteiger partial charge is 0.378 e. The standard InChI is InChI=1S/C12H11F3N4O2/c1-18-5-4-16-11(18)7-17-8-2-3-10(19(20)21)9(6-8)12(13,14)15/h2-6,17H,7H2,1H3. The third-order valence-corrected chi connectivity index (χ3v) is 2.87. The van der Waals surface area contributed by atoms with Crippen molar-refractivity contribution in [2.24, 2.45) is 7.05 Å². The Balaban J connectivity index is 2.26. The van der Waals surface area contributed by atoms with E-state index in [0.29, 0.717) is 5.82 Å². The van der Waals surface area contributed by atoms with E-state index < -0.39 is 22.4 Å². The van der Waals surface area contributed by atoms with E-state index in [4.69, 9.17) is 0 Å². The van der Waals surface area contributed by atoms with Gasteiger partial charge < -0.3 is 9.88 Å². The molecule has 0 saturated heterocycles. The Labute approximate surface area is 117 Å². The topological polar surface area (TPSA) is 73.0 Å². The van der Waals surface area contributed by atoms with Gasteiger partial charge in [-0.15, -0.1) is 0 Å². The first kappa shape index (κ1) is 14.8. The molecule has 9 heteroatoms. The first-order chi connectivity index (χ1) is 9.79. The summed E-state index contributed by atoms with van der Waals surface area (Å²) in [5.41, 5.74) is -2.11. The van der Waals surface area contributed by atoms with Crippen LogP contribution in [0.25, 0.3) is 0 Å². The van der Waals surface area contributed by atoms with Crippen LogP contribution in [0.4, 0.5) is 24.5 Å². The molecule has 112 valence electrons. The fourth-order valence-corrected chi connectivity index (χ4v) is 1.78. The van der Waals surface area contributed by atoms with Gasteiger partial charge in [-0.2, -0.15) is 13.2 Å². The van der Waals surface area contributed by atoms with E-state index in [1.54, 1.807) is 24.0 Å². The average Bonchev–Trinajstić information content (AvgIpc) is 2.80. The molecule has 0 amide bonds. The summed E-state index contributed by atoms with van der Waals surface area (Å²) in [5, 5.41) is 13.4. The van der Waals surface area contributed by atoms with Crippen LogP contribution in [-0.2, 0) is 19.8 Å². The Morgan fingerprint density at radius 2 is 2.14 bits per heavy atom. The summed E-state index contributed by atoms with van der Waals surface area (Å²) >= 11 is 0. The molecule has 0 aliphatic rings. The molecule has 0 bridgehead atoms. The molecule has 6 nitrogen and oxygen atoms in total. The van der Waals surface area contributed by atoms with Crippen molar-refractivity contribution >= 4 is 11.4 Å². The Kier molecular flexibility index (Phi) is 3.83. The van der Waals surface area contributed by atoms with E-state index in [9.17, 15) is 23.3 Å². The maximum atomic E-state index is 12.8. The molecule has 21 heavy (non-hydrogen) atoms. The molecular weight excluding hydrogens is 289 g/mol. The second-order valence-electron chi connectivity index (χ2n) is 4.29. The lowest BCUT2D eigenvalue weighted by Gasteiger charge is -2.11. The number of imidazole rings is 1. The summed E-state index contributed by atoms with van der Waals surface area (Å²) in [6.45, 7) is 0.207. The zero-order valence-electron chi connectivity index (χ0n) is 10.9. The first-order valence-electron chi connectivity index (χ1n) is 5.85. The SMILES string of the molecule is Cn1ccnc1CNc1ccc([N+](=O)[O-])c(C(F)(F)F)c1. The molecular formula is C12H11F3N4O2. The van der Waals surface area contributed by atoms with Gasteiger partial charge in [-0.1, -0.05) is 0 Å². The zero-order chi connectivity index (χ0) is 15.6. The molecule has 0 unspecified atom stereocenters. The zero-order valence-corrected chi connectivity index (χ0v) is 10.9. The maximum Gasteiger partial charge on any atom is 0.423 e. The number of nitrogens with one attached hydrogen (secondary N) is 1. The van der Waals surface area contributed by atoms with Gasteiger partial charge in [-0.25, -0.2) is 4.98 Å². The van der Waals surface area contributed by atoms with Crippen molar-refractivity contribution in [2.45, 2.75) is 12.7 Å². The summed E-state index contributed by atoms with van der Waals surface area (Å²) in [6.07, 6.45) is -1.52. The summed E-state index contributed by atoms with van der Waals surface area (Å²) in [4.78, 5) is 13.6. The molecule has 0 radical (unpaired) electrons. The summed E-state index contributed by atoms with van der Waals surface area (Å²) in [6, 6.07) is 2.79. The maximum absolute atomic E-state index is 12.8. The van der Waals surface area contributed by atoms with Crippen LogP contribution in [0.1, 0.15) is 11.4 Å². The molecule has 1 heterocycles. The van der Waals surface area contributed by atoms with E-state index >= 15 is 0 Å². The minimum absolute atomic E-state index is 0.135. The predicted molar refractivity (Wildman–Crippen MR) is 68.6 cm³/mol. The highest BCUT2D eigenvalue weighted by Gasteiger charge is 2.38. The molecule has 1 aromatic heterocycles. The highest BCUT2D eigenvalue weighted by Crippen LogP contribution is 2.37. The number of rotatable bonds is 4. The van der Waals surface area contributed by atoms with E-state index in [-0.39, 0.29) is 12.2 Å². The van der Waals surface area contributed by atoms with Crippen molar-refractivity contribution in [3.8, 4) is 0 Å². The fraction of sp³-hybridized carbons (Fsp3) is 0.250. The van der Waals surface area contributed by atoms with E-state index in [0.717, 1.165) is 12.1 Å². The van der Waals surface area contributed by atoms with Crippen molar-refractivity contribution in [2.75, 3.05) is 5.32 Å². The number of nitro groups is 1. The number of anilines is 1. The van der Waals surface area contributed by atoms with Crippen molar-refractivity contribution in [3.05, 3.63) is 52.1 Å². The first-order valence-corrected chi connectivity index (χ1v) is 5.85. The molecule has 2 aromatic rings. The van der Waals surface area contributed by atoms with Crippen molar-refractivity contribution in [1.82, 2.24) is 9.55 Å². The van der Waals surface area contributed by atoms with Crippen LogP contribution in [0.5, 0.6) is 0 Å². The van der Waals surface area contributed by atoms with Crippen molar-refractivity contribution < 1.29 is 18.1 Å². The van der Waals surface area contributed by atoms with Crippen LogP contribution >= 0.6 is 0 Å². The molecule has 1 N–H and O–H groups in total. The molecule has 0 atom stereocenters. The van der Waals surface area contributed by atoms with Gasteiger partial charge in [-0.3, -0.25) is 10.1 Å². The van der Waals surface area contributed by atoms with Gasteiger partial charge in [0.2, 0.25) is 0 Å². The minimum Gasteiger partial charge on any atom is -0.378 e. The lowest BCUT2D eigenvalue weighted by atomic mass is 10.1. The molecule has 0 aliphatic carbocycles. The molecule has 0 fully saturated rings. The fourth-order valence-electron chi connectivity index (χ4n) is 1.78. The van der Waals surface area contributed by atoms with Gasteiger partial charge in [0.15, 0.2) is 0 Å². The van der Waals surface area contributed by atoms with Gasteiger partial charge in [0, 0.05) is 31.2 Å². The number of hydrogen-bond donors (Lipinski definition) is 1. The lowest BCUT2D eigenvalue weighted by Crippen LogP contribution is -2.11. The normalized spacial score (nSPS) is 11.4. The molecule has 2 rings (SSSR count). The van der Waals surface area contributed by atoms with Gasteiger partial charge in [-0.05, 0) is 12.1 Å². The van der Waals surface area contributed by atoms with Gasteiger partial charge >= 0.3 is 6.18 Å². The second-order valence-corrected chi connectivity index (χ2v) is 4.29. The highest BCUT2D eigenvalue weighted by atomic mass is 19.4. The number of aryl methyl sites for hydroxylation is 1. The van der Waals surface area contributed by atoms with Crippen LogP contribution in [0, 0.1) is 10.1 Å². The Morgan fingerprint density at radius 3 is 2.67 bits per heavy atom. The third-order valence-electron chi connectivity index (χ3n) is 2.87. The molecule has 0 spiro atoms. The third kappa shape index (κ3) is 3.30. The minimum atomic E-state index is -4.79. The van der Waals surface area contributed by atoms with Crippen LogP contribution in [0.3, 0.4) is 0 Å². The molecule has 0 aliphatic heterocycles. The number of hydrogen-bond acceptors (Lipinski definition) is 4. The van der Waals surface area contributed by atoms with Crippen LogP contribution in [-0.4, -0.2) is 14.5 Å². The number of alkyl halides is 3. The summed E-state index contributed by atoms with van der Waals surface area (Å²) in [7, 11) is 1.75. The number of halogens is 3. The molecule has 0 saturated carbocycles. The number of aromatic nitrogens is 2. The quantitative estimate of drug-likeness (QED) is 0.696. The Bertz CT molecular complexity index is 667. The predicted octanol–water partition coefficient (Wildman–Crippen LogP) is 2.96. The van der Waals surface area contributed by atoms with Crippen molar-refractivity contribution in [1.29, 1.82) is 0 Å². The number of benzene rings is 1. The Morgan fingerprint density at radius 1 is 1.43 bits per heavy atom. The van der Waals surface area contributed by atoms with Gasteiger partial charge in [0.25, 0.3) is 5.69 Å². The summed E-state index contributed by atoms with van der Waals surface area (Å²) < 4.78 is 40.2. The largest absolute Gasteiger partial charge is 0.423 e. The second kappa shape index (κ2) is 5.43. The Hall–Kier alpha value is -2.58. The van der Waals surface area contributed by atoms with E-state index in [2.05, 4.69) is 10.3 Å². The van der Waals surface area contributed by atoms with E-state index in [1.165, 1.54) is 6.07 Å². The van der Waals surface area contributed by atoms with Crippen LogP contribution < -0.4 is 5.32 Å². The monoisotopic (exact) mass is 300 g/mol. The van der Waals surface area contributed by atoms with Gasteiger partial charge in [0.1, 0.15) is 11.4 Å². The van der Waals surface area contributed by atoms with Crippen LogP contribution in [0.2, 0.25) is 0 Å². The van der Waals surface area contributed by atoms with E-state index in [1.807, 2.05) is 0 Å². The average molecular weight is 300 g/mol. The highest BCUT2D eigenvalue weighted by molar-refractivity contribution is 5.55. The van der Waals surface area contributed by atoms with Crippen molar-refractivity contribution in [3.63, 3.8) is 0 Å². The van der Waals surface area contributed by atoms with Gasteiger partial charge in [0.05, 0.1) is 11.5 Å². The molecule has 1 aromatic carbocycles. The number of nitrogens with zero attached hydrogens (tertiary/aromatic N) is 3. The summed E-state index contributed by atoms with van der Waals surface area (Å²) in [5.74, 6) is 0.627. The number of nitro benzene ring substituents is 1.